The standard InChI is InChI=1S/C16H21NO2/c18-16(19)15-5-2-10-17(15)11-12-6-8-14(9-7-12)13-3-1-4-13/h6-9,13,15H,1-5,10-11H2,(H,18,19)/t15-/m0/s1. The van der Waals surface area contributed by atoms with Crippen LogP contribution in [0.25, 0.3) is 0 Å². The highest BCUT2D eigenvalue weighted by molar-refractivity contribution is 5.73. The lowest BCUT2D eigenvalue weighted by atomic mass is 9.80. The largest absolute Gasteiger partial charge is 0.480 e. The zero-order chi connectivity index (χ0) is 13.2. The van der Waals surface area contributed by atoms with Crippen LogP contribution in [0, 0.1) is 0 Å². The van der Waals surface area contributed by atoms with E-state index >= 15 is 0 Å². The highest BCUT2D eigenvalue weighted by Gasteiger charge is 2.30. The molecule has 0 spiro atoms. The Kier molecular flexibility index (Phi) is 3.56. The van der Waals surface area contributed by atoms with E-state index in [1.165, 1.54) is 30.4 Å². The summed E-state index contributed by atoms with van der Waals surface area (Å²) in [6.45, 7) is 1.67. The summed E-state index contributed by atoms with van der Waals surface area (Å²) in [4.78, 5) is 13.2. The summed E-state index contributed by atoms with van der Waals surface area (Å²) < 4.78 is 0. The van der Waals surface area contributed by atoms with Gasteiger partial charge in [0.25, 0.3) is 0 Å². The van der Waals surface area contributed by atoms with Gasteiger partial charge in [0.15, 0.2) is 0 Å². The van der Waals surface area contributed by atoms with E-state index in [0.29, 0.717) is 0 Å². The van der Waals surface area contributed by atoms with E-state index in [1.807, 2.05) is 0 Å². The van der Waals surface area contributed by atoms with Crippen molar-refractivity contribution in [1.29, 1.82) is 0 Å². The molecule has 102 valence electrons. The quantitative estimate of drug-likeness (QED) is 0.903. The first kappa shape index (κ1) is 12.7. The molecule has 0 bridgehead atoms. The molecule has 0 radical (unpaired) electrons. The molecular weight excluding hydrogens is 238 g/mol. The van der Waals surface area contributed by atoms with Gasteiger partial charge in [0.1, 0.15) is 6.04 Å². The second-order valence-corrected chi connectivity index (χ2v) is 5.84. The molecular formula is C16H21NO2. The first-order chi connectivity index (χ1) is 9.24. The average Bonchev–Trinajstić information content (AvgIpc) is 2.77. The van der Waals surface area contributed by atoms with Gasteiger partial charge in [0, 0.05) is 6.54 Å². The van der Waals surface area contributed by atoms with Crippen molar-refractivity contribution in [2.45, 2.75) is 50.6 Å². The van der Waals surface area contributed by atoms with Crippen molar-refractivity contribution in [3.05, 3.63) is 35.4 Å². The molecule has 1 aliphatic heterocycles. The lowest BCUT2D eigenvalue weighted by Crippen LogP contribution is -2.35. The van der Waals surface area contributed by atoms with Crippen molar-refractivity contribution in [2.24, 2.45) is 0 Å². The maximum absolute atomic E-state index is 11.2. The Hall–Kier alpha value is -1.35. The van der Waals surface area contributed by atoms with Gasteiger partial charge in [-0.3, -0.25) is 9.69 Å². The fourth-order valence-electron chi connectivity index (χ4n) is 3.17. The SMILES string of the molecule is O=C(O)[C@@H]1CCCN1Cc1ccc(C2CCC2)cc1. The minimum absolute atomic E-state index is 0.286. The second-order valence-electron chi connectivity index (χ2n) is 5.84. The number of carbonyl (C=O) groups is 1. The Morgan fingerprint density at radius 1 is 1.16 bits per heavy atom. The van der Waals surface area contributed by atoms with E-state index in [0.717, 1.165) is 31.8 Å². The Morgan fingerprint density at radius 3 is 2.47 bits per heavy atom. The molecule has 1 saturated carbocycles. The molecule has 3 rings (SSSR count). The van der Waals surface area contributed by atoms with Gasteiger partial charge in [-0.1, -0.05) is 30.7 Å². The number of likely N-dealkylation sites (tertiary alicyclic amines) is 1. The number of carboxylic acids is 1. The minimum Gasteiger partial charge on any atom is -0.480 e. The number of nitrogens with zero attached hydrogens (tertiary/aromatic N) is 1. The van der Waals surface area contributed by atoms with Gasteiger partial charge in [-0.05, 0) is 49.3 Å². The van der Waals surface area contributed by atoms with E-state index in [9.17, 15) is 9.90 Å². The van der Waals surface area contributed by atoms with Crippen LogP contribution >= 0.6 is 0 Å². The number of aliphatic carboxylic acids is 1. The predicted octanol–water partition coefficient (Wildman–Crippen LogP) is 3.00. The number of hydrogen-bond acceptors (Lipinski definition) is 2. The van der Waals surface area contributed by atoms with Crippen LogP contribution in [0.2, 0.25) is 0 Å². The molecule has 1 aromatic rings. The van der Waals surface area contributed by atoms with Crippen molar-refractivity contribution in [2.75, 3.05) is 6.54 Å². The maximum Gasteiger partial charge on any atom is 0.320 e. The topological polar surface area (TPSA) is 40.5 Å². The summed E-state index contributed by atoms with van der Waals surface area (Å²) >= 11 is 0. The van der Waals surface area contributed by atoms with Crippen molar-refractivity contribution >= 4 is 5.97 Å². The number of hydrogen-bond donors (Lipinski definition) is 1. The predicted molar refractivity (Wildman–Crippen MR) is 74.1 cm³/mol. The highest BCUT2D eigenvalue weighted by atomic mass is 16.4. The third-order valence-electron chi connectivity index (χ3n) is 4.59. The monoisotopic (exact) mass is 259 g/mol. The van der Waals surface area contributed by atoms with Crippen LogP contribution < -0.4 is 0 Å². The van der Waals surface area contributed by atoms with E-state index in [-0.39, 0.29) is 6.04 Å². The summed E-state index contributed by atoms with van der Waals surface area (Å²) in [5, 5.41) is 9.18. The molecule has 2 aliphatic rings. The Labute approximate surface area is 114 Å². The molecule has 1 aliphatic carbocycles. The van der Waals surface area contributed by atoms with Crippen LogP contribution in [0.3, 0.4) is 0 Å². The molecule has 1 N–H and O–H groups in total. The fraction of sp³-hybridized carbons (Fsp3) is 0.562. The average molecular weight is 259 g/mol. The molecule has 3 heteroatoms. The Morgan fingerprint density at radius 2 is 1.89 bits per heavy atom. The summed E-state index contributed by atoms with van der Waals surface area (Å²) in [5.41, 5.74) is 2.68. The third-order valence-corrected chi connectivity index (χ3v) is 4.59. The summed E-state index contributed by atoms with van der Waals surface area (Å²) in [7, 11) is 0. The van der Waals surface area contributed by atoms with Gasteiger partial charge >= 0.3 is 5.97 Å². The first-order valence-electron chi connectivity index (χ1n) is 7.30. The highest BCUT2D eigenvalue weighted by Crippen LogP contribution is 2.36. The Bertz CT molecular complexity index is 450. The summed E-state index contributed by atoms with van der Waals surface area (Å²) in [6, 6.07) is 8.51. The maximum atomic E-state index is 11.2. The molecule has 1 saturated heterocycles. The fourth-order valence-corrected chi connectivity index (χ4v) is 3.17. The van der Waals surface area contributed by atoms with Gasteiger partial charge < -0.3 is 5.11 Å². The van der Waals surface area contributed by atoms with Crippen LogP contribution in [-0.2, 0) is 11.3 Å². The smallest absolute Gasteiger partial charge is 0.320 e. The molecule has 0 aromatic heterocycles. The first-order valence-corrected chi connectivity index (χ1v) is 7.30. The van der Waals surface area contributed by atoms with Gasteiger partial charge in [-0.15, -0.1) is 0 Å². The zero-order valence-electron chi connectivity index (χ0n) is 11.2. The molecule has 19 heavy (non-hydrogen) atoms. The van der Waals surface area contributed by atoms with E-state index in [1.54, 1.807) is 0 Å². The molecule has 0 unspecified atom stereocenters. The summed E-state index contributed by atoms with van der Waals surface area (Å²) in [5.74, 6) is 0.0937. The van der Waals surface area contributed by atoms with Crippen LogP contribution in [0.15, 0.2) is 24.3 Å². The van der Waals surface area contributed by atoms with Gasteiger partial charge in [-0.2, -0.15) is 0 Å². The second kappa shape index (κ2) is 5.33. The van der Waals surface area contributed by atoms with E-state index in [2.05, 4.69) is 29.2 Å². The molecule has 1 aromatic carbocycles. The molecule has 1 heterocycles. The van der Waals surface area contributed by atoms with Crippen molar-refractivity contribution in [3.8, 4) is 0 Å². The van der Waals surface area contributed by atoms with E-state index in [4.69, 9.17) is 0 Å². The molecule has 0 amide bonds. The molecule has 1 atom stereocenters. The molecule has 2 fully saturated rings. The van der Waals surface area contributed by atoms with Gasteiger partial charge in [0.05, 0.1) is 0 Å². The van der Waals surface area contributed by atoms with Crippen LogP contribution in [0.1, 0.15) is 49.1 Å². The minimum atomic E-state index is -0.677. The lowest BCUT2D eigenvalue weighted by Gasteiger charge is -2.26. The number of benzene rings is 1. The molecule has 3 nitrogen and oxygen atoms in total. The van der Waals surface area contributed by atoms with Crippen LogP contribution in [0.4, 0.5) is 0 Å². The van der Waals surface area contributed by atoms with Crippen LogP contribution in [0.5, 0.6) is 0 Å². The van der Waals surface area contributed by atoms with Crippen LogP contribution in [-0.4, -0.2) is 28.6 Å². The van der Waals surface area contributed by atoms with Gasteiger partial charge in [-0.25, -0.2) is 0 Å². The number of rotatable bonds is 4. The Balaban J connectivity index is 1.64. The van der Waals surface area contributed by atoms with Crippen molar-refractivity contribution in [1.82, 2.24) is 4.90 Å². The normalized spacial score (nSPS) is 24.3. The number of carboxylic acid groups (broad SMARTS) is 1. The van der Waals surface area contributed by atoms with E-state index < -0.39 is 5.97 Å². The lowest BCUT2D eigenvalue weighted by molar-refractivity contribution is -0.142. The van der Waals surface area contributed by atoms with Crippen molar-refractivity contribution in [3.63, 3.8) is 0 Å². The van der Waals surface area contributed by atoms with Gasteiger partial charge in [0.2, 0.25) is 0 Å². The zero-order valence-corrected chi connectivity index (χ0v) is 11.2. The third kappa shape index (κ3) is 2.66. The summed E-state index contributed by atoms with van der Waals surface area (Å²) in [6.07, 6.45) is 5.80. The van der Waals surface area contributed by atoms with Crippen molar-refractivity contribution < 1.29 is 9.90 Å².